The average molecular weight is 463 g/mol. The van der Waals surface area contributed by atoms with Gasteiger partial charge in [-0.2, -0.15) is 0 Å². The predicted molar refractivity (Wildman–Crippen MR) is 132 cm³/mol. The molecule has 0 aliphatic rings. The maximum atomic E-state index is 10.1. The molecule has 33 heavy (non-hydrogen) atoms. The highest BCUT2D eigenvalue weighted by Crippen LogP contribution is 2.32. The zero-order valence-corrected chi connectivity index (χ0v) is 20.6. The lowest BCUT2D eigenvalue weighted by Gasteiger charge is -2.16. The highest BCUT2D eigenvalue weighted by Gasteiger charge is 2.18. The van der Waals surface area contributed by atoms with E-state index < -0.39 is 8.07 Å². The van der Waals surface area contributed by atoms with Crippen molar-refractivity contribution in [3.8, 4) is 23.0 Å². The summed E-state index contributed by atoms with van der Waals surface area (Å²) in [4.78, 5) is 13.6. The number of rotatable bonds is 9. The molecule has 0 radical (unpaired) electrons. The molecule has 0 saturated heterocycles. The molecule has 0 bridgehead atoms. The molecule has 0 atom stereocenters. The summed E-state index contributed by atoms with van der Waals surface area (Å²) in [5.41, 5.74) is 3.95. The maximum absolute atomic E-state index is 10.1. The third-order valence-electron chi connectivity index (χ3n) is 5.32. The van der Waals surface area contributed by atoms with Gasteiger partial charge in [-0.05, 0) is 43.3 Å². The first-order valence-corrected chi connectivity index (χ1v) is 14.8. The van der Waals surface area contributed by atoms with E-state index in [4.69, 9.17) is 14.5 Å². The van der Waals surface area contributed by atoms with Crippen LogP contribution >= 0.6 is 0 Å². The van der Waals surface area contributed by atoms with Crippen LogP contribution in [-0.2, 0) is 18.1 Å². The summed E-state index contributed by atoms with van der Waals surface area (Å²) in [5, 5.41) is 10.1. The number of pyridine rings is 2. The number of aliphatic hydroxyl groups is 1. The summed E-state index contributed by atoms with van der Waals surface area (Å²) in [6.45, 7) is 9.83. The summed E-state index contributed by atoms with van der Waals surface area (Å²) in [7, 11) is -1.19. The first kappa shape index (κ1) is 23.1. The van der Waals surface area contributed by atoms with Gasteiger partial charge in [0.25, 0.3) is 0 Å². The number of aliphatic hydroxyl groups excluding tert-OH is 1. The van der Waals surface area contributed by atoms with E-state index >= 15 is 0 Å². The van der Waals surface area contributed by atoms with E-state index in [-0.39, 0.29) is 6.61 Å². The largest absolute Gasteiger partial charge is 0.455 e. The van der Waals surface area contributed by atoms with E-state index in [1.54, 1.807) is 12.4 Å². The van der Waals surface area contributed by atoms with Crippen LogP contribution in [0.1, 0.15) is 11.3 Å². The fraction of sp³-hybridized carbons (Fsp3) is 0.320. The minimum atomic E-state index is -1.19. The van der Waals surface area contributed by atoms with Gasteiger partial charge >= 0.3 is 0 Å². The Morgan fingerprint density at radius 2 is 1.91 bits per heavy atom. The van der Waals surface area contributed by atoms with Crippen LogP contribution in [0.2, 0.25) is 25.7 Å². The Balaban J connectivity index is 1.72. The molecule has 0 fully saturated rings. The second kappa shape index (κ2) is 9.82. The lowest BCUT2D eigenvalue weighted by molar-refractivity contribution is 0.0909. The van der Waals surface area contributed by atoms with Crippen molar-refractivity contribution in [2.45, 2.75) is 45.9 Å². The average Bonchev–Trinajstić information content (AvgIpc) is 3.15. The predicted octanol–water partition coefficient (Wildman–Crippen LogP) is 5.40. The number of hydrogen-bond acceptors (Lipinski definition) is 6. The molecular formula is C25H30N4O3Si. The van der Waals surface area contributed by atoms with Crippen molar-refractivity contribution in [1.82, 2.24) is 19.5 Å². The number of aryl methyl sites for hydroxylation is 1. The molecule has 0 aliphatic heterocycles. The third-order valence-corrected chi connectivity index (χ3v) is 7.03. The number of imidazole rings is 1. The molecule has 0 amide bonds. The molecule has 4 aromatic rings. The molecular weight excluding hydrogens is 432 g/mol. The molecule has 0 unspecified atom stereocenters. The second-order valence-corrected chi connectivity index (χ2v) is 14.9. The Bertz CT molecular complexity index is 1220. The van der Waals surface area contributed by atoms with Gasteiger partial charge in [0.2, 0.25) is 0 Å². The van der Waals surface area contributed by atoms with Crippen molar-refractivity contribution in [2.75, 3.05) is 6.61 Å². The van der Waals surface area contributed by atoms with Crippen molar-refractivity contribution in [3.63, 3.8) is 0 Å². The Hall–Kier alpha value is -3.07. The molecule has 4 rings (SSSR count). The fourth-order valence-electron chi connectivity index (χ4n) is 3.41. The topological polar surface area (TPSA) is 82.3 Å². The van der Waals surface area contributed by atoms with Gasteiger partial charge in [-0.3, -0.25) is 14.5 Å². The Kier molecular flexibility index (Phi) is 6.87. The minimum absolute atomic E-state index is 0.162. The molecule has 1 N–H and O–H groups in total. The van der Waals surface area contributed by atoms with Crippen LogP contribution in [0.3, 0.4) is 0 Å². The van der Waals surface area contributed by atoms with Crippen LogP contribution < -0.4 is 4.74 Å². The normalized spacial score (nSPS) is 11.8. The first-order valence-electron chi connectivity index (χ1n) is 11.1. The third kappa shape index (κ3) is 5.65. The molecule has 1 aromatic carbocycles. The van der Waals surface area contributed by atoms with Gasteiger partial charge in [0.05, 0.1) is 23.8 Å². The number of nitrogens with zero attached hydrogens (tertiary/aromatic N) is 4. The smallest absolute Gasteiger partial charge is 0.161 e. The van der Waals surface area contributed by atoms with Crippen LogP contribution in [0, 0.1) is 6.92 Å². The summed E-state index contributed by atoms with van der Waals surface area (Å²) in [6, 6.07) is 14.4. The standard InChI is InChI=1S/C25H30N4O3Si/c1-18-8-9-20(15-27-18)32-24-14-22-23(13-19(24)16-30)29(17-31-11-12-33(2,3)4)25(28-22)21-7-5-6-10-26-21/h5-10,13-15,30H,11-12,16-17H2,1-4H3. The highest BCUT2D eigenvalue weighted by molar-refractivity contribution is 6.76. The summed E-state index contributed by atoms with van der Waals surface area (Å²) >= 11 is 0. The molecule has 0 aliphatic carbocycles. The molecule has 3 heterocycles. The van der Waals surface area contributed by atoms with Crippen molar-refractivity contribution in [3.05, 3.63) is 66.1 Å². The van der Waals surface area contributed by atoms with Crippen molar-refractivity contribution < 1.29 is 14.6 Å². The summed E-state index contributed by atoms with van der Waals surface area (Å²) < 4.78 is 14.1. The molecule has 0 spiro atoms. The van der Waals surface area contributed by atoms with Crippen molar-refractivity contribution >= 4 is 19.1 Å². The number of benzene rings is 1. The molecule has 3 aromatic heterocycles. The molecule has 0 saturated carbocycles. The van der Waals surface area contributed by atoms with E-state index in [1.165, 1.54) is 0 Å². The quantitative estimate of drug-likeness (QED) is 0.265. The minimum Gasteiger partial charge on any atom is -0.455 e. The van der Waals surface area contributed by atoms with Gasteiger partial charge in [-0.25, -0.2) is 4.98 Å². The summed E-state index contributed by atoms with van der Waals surface area (Å²) in [6.07, 6.45) is 3.42. The number of ether oxygens (including phenoxy) is 2. The van der Waals surface area contributed by atoms with Crippen LogP contribution in [-0.4, -0.2) is 39.3 Å². The van der Waals surface area contributed by atoms with E-state index in [0.29, 0.717) is 30.4 Å². The lowest BCUT2D eigenvalue weighted by Crippen LogP contribution is -2.22. The van der Waals surface area contributed by atoms with Crippen molar-refractivity contribution in [1.29, 1.82) is 0 Å². The lowest BCUT2D eigenvalue weighted by atomic mass is 10.2. The Morgan fingerprint density at radius 3 is 2.58 bits per heavy atom. The van der Waals surface area contributed by atoms with Gasteiger partial charge in [0, 0.05) is 38.2 Å². The molecule has 7 nitrogen and oxygen atoms in total. The monoisotopic (exact) mass is 462 g/mol. The van der Waals surface area contributed by atoms with E-state index in [1.807, 2.05) is 54.0 Å². The Morgan fingerprint density at radius 1 is 1.06 bits per heavy atom. The number of fused-ring (bicyclic) bond motifs is 1. The highest BCUT2D eigenvalue weighted by atomic mass is 28.3. The van der Waals surface area contributed by atoms with Gasteiger partial charge in [0.15, 0.2) is 5.82 Å². The number of aromatic nitrogens is 4. The second-order valence-electron chi connectivity index (χ2n) is 9.27. The summed E-state index contributed by atoms with van der Waals surface area (Å²) in [5.74, 6) is 1.87. The first-order chi connectivity index (χ1) is 15.8. The zero-order chi connectivity index (χ0) is 23.4. The van der Waals surface area contributed by atoms with Gasteiger partial charge in [-0.15, -0.1) is 0 Å². The molecule has 172 valence electrons. The molecule has 8 heteroatoms. The van der Waals surface area contributed by atoms with Crippen LogP contribution in [0.15, 0.2) is 54.9 Å². The van der Waals surface area contributed by atoms with Gasteiger partial charge < -0.3 is 14.6 Å². The van der Waals surface area contributed by atoms with Crippen molar-refractivity contribution in [2.24, 2.45) is 0 Å². The van der Waals surface area contributed by atoms with Crippen LogP contribution in [0.4, 0.5) is 0 Å². The SMILES string of the molecule is Cc1ccc(Oc2cc3nc(-c4ccccn4)n(COCC[Si](C)(C)C)c3cc2CO)cn1. The maximum Gasteiger partial charge on any atom is 0.161 e. The van der Waals surface area contributed by atoms with Crippen LogP contribution in [0.25, 0.3) is 22.6 Å². The Labute approximate surface area is 195 Å². The van der Waals surface area contributed by atoms with Gasteiger partial charge in [0.1, 0.15) is 23.9 Å². The van der Waals surface area contributed by atoms with Gasteiger partial charge in [-0.1, -0.05) is 25.7 Å². The van der Waals surface area contributed by atoms with E-state index in [9.17, 15) is 5.11 Å². The van der Waals surface area contributed by atoms with E-state index in [0.717, 1.165) is 34.3 Å². The fourth-order valence-corrected chi connectivity index (χ4v) is 4.17. The zero-order valence-electron chi connectivity index (χ0n) is 19.6. The van der Waals surface area contributed by atoms with E-state index in [2.05, 4.69) is 29.6 Å². The number of hydrogen-bond donors (Lipinski definition) is 1. The van der Waals surface area contributed by atoms with Crippen LogP contribution in [0.5, 0.6) is 11.5 Å².